The van der Waals surface area contributed by atoms with Crippen LogP contribution in [-0.4, -0.2) is 13.0 Å². The van der Waals surface area contributed by atoms with Crippen LogP contribution in [0.1, 0.15) is 27.5 Å². The predicted octanol–water partition coefficient (Wildman–Crippen LogP) is 4.13. The van der Waals surface area contributed by atoms with Gasteiger partial charge in [0.1, 0.15) is 6.04 Å². The minimum Gasteiger partial charge on any atom is -0.380 e. The molecule has 0 aliphatic carbocycles. The van der Waals surface area contributed by atoms with Crippen LogP contribution in [0.5, 0.6) is 0 Å². The van der Waals surface area contributed by atoms with E-state index in [-0.39, 0.29) is 10.9 Å². The van der Waals surface area contributed by atoms with Gasteiger partial charge >= 0.3 is 0 Å². The zero-order valence-corrected chi connectivity index (χ0v) is 13.9. The Hall–Kier alpha value is -2.06. The van der Waals surface area contributed by atoms with E-state index in [2.05, 4.69) is 5.32 Å². The molecule has 1 atom stereocenters. The van der Waals surface area contributed by atoms with Crippen molar-refractivity contribution in [3.05, 3.63) is 69.2 Å². The molecule has 1 unspecified atom stereocenters. The van der Waals surface area contributed by atoms with Crippen molar-refractivity contribution < 1.29 is 9.53 Å². The van der Waals surface area contributed by atoms with E-state index in [0.717, 1.165) is 5.56 Å². The highest BCUT2D eigenvalue weighted by atomic mass is 35.5. The van der Waals surface area contributed by atoms with Crippen LogP contribution in [0.2, 0.25) is 10.0 Å². The second-order valence-corrected chi connectivity index (χ2v) is 5.55. The number of carbonyl (C=O) groups is 1. The fraction of sp³-hybridized carbons (Fsp3) is 0.176. The first kappa shape index (κ1) is 17.3. The maximum Gasteiger partial charge on any atom is 0.252 e. The van der Waals surface area contributed by atoms with Gasteiger partial charge in [0.2, 0.25) is 0 Å². The highest BCUT2D eigenvalue weighted by Crippen LogP contribution is 2.30. The number of methoxy groups -OCH3 is 1. The Balaban J connectivity index is 2.28. The molecule has 118 valence electrons. The van der Waals surface area contributed by atoms with E-state index in [4.69, 9.17) is 27.9 Å². The molecule has 2 rings (SSSR count). The van der Waals surface area contributed by atoms with Crippen LogP contribution in [0, 0.1) is 11.3 Å². The number of carbonyl (C=O) groups excluding carboxylic acids is 1. The Morgan fingerprint density at radius 1 is 1.26 bits per heavy atom. The van der Waals surface area contributed by atoms with E-state index in [1.807, 2.05) is 12.1 Å². The number of rotatable bonds is 5. The highest BCUT2D eigenvalue weighted by molar-refractivity contribution is 6.42. The molecule has 0 aliphatic rings. The highest BCUT2D eigenvalue weighted by Gasteiger charge is 2.20. The summed E-state index contributed by atoms with van der Waals surface area (Å²) in [5, 5.41) is 12.6. The minimum absolute atomic E-state index is 0.256. The van der Waals surface area contributed by atoms with E-state index < -0.39 is 6.04 Å². The normalized spacial score (nSPS) is 11.6. The third-order valence-corrected chi connectivity index (χ3v) is 4.09. The Morgan fingerprint density at radius 2 is 2.00 bits per heavy atom. The molecule has 0 radical (unpaired) electrons. The third-order valence-electron chi connectivity index (χ3n) is 3.26. The van der Waals surface area contributed by atoms with Crippen molar-refractivity contribution in [3.63, 3.8) is 0 Å². The van der Waals surface area contributed by atoms with Crippen molar-refractivity contribution in [2.75, 3.05) is 7.11 Å². The van der Waals surface area contributed by atoms with Gasteiger partial charge in [-0.1, -0.05) is 53.5 Å². The number of ether oxygens (including phenoxy) is 1. The monoisotopic (exact) mass is 348 g/mol. The van der Waals surface area contributed by atoms with E-state index in [1.54, 1.807) is 43.5 Å². The molecule has 2 aromatic carbocycles. The molecule has 2 aromatic rings. The lowest BCUT2D eigenvalue weighted by Crippen LogP contribution is -2.28. The molecular weight excluding hydrogens is 335 g/mol. The molecule has 0 fully saturated rings. The number of hydrogen-bond acceptors (Lipinski definition) is 3. The zero-order valence-electron chi connectivity index (χ0n) is 12.3. The Morgan fingerprint density at radius 3 is 2.70 bits per heavy atom. The topological polar surface area (TPSA) is 62.1 Å². The number of nitriles is 1. The van der Waals surface area contributed by atoms with Crippen LogP contribution in [0.3, 0.4) is 0 Å². The lowest BCUT2D eigenvalue weighted by atomic mass is 10.0. The second-order valence-electron chi connectivity index (χ2n) is 4.77. The number of nitrogens with one attached hydrogen (secondary N) is 1. The molecule has 0 spiro atoms. The molecule has 23 heavy (non-hydrogen) atoms. The van der Waals surface area contributed by atoms with Crippen LogP contribution in [-0.2, 0) is 11.3 Å². The largest absolute Gasteiger partial charge is 0.380 e. The van der Waals surface area contributed by atoms with E-state index in [1.165, 1.54) is 0 Å². The number of benzene rings is 2. The van der Waals surface area contributed by atoms with Gasteiger partial charge in [-0.3, -0.25) is 4.79 Å². The Kier molecular flexibility index (Phi) is 6.00. The summed E-state index contributed by atoms with van der Waals surface area (Å²) in [5.41, 5.74) is 1.65. The van der Waals surface area contributed by atoms with Crippen molar-refractivity contribution >= 4 is 29.1 Å². The van der Waals surface area contributed by atoms with Gasteiger partial charge in [0, 0.05) is 18.2 Å². The summed E-state index contributed by atoms with van der Waals surface area (Å²) in [6, 6.07) is 13.1. The summed E-state index contributed by atoms with van der Waals surface area (Å²) in [4.78, 5) is 12.5. The van der Waals surface area contributed by atoms with Gasteiger partial charge in [-0.2, -0.15) is 5.26 Å². The number of nitrogens with zero attached hydrogens (tertiary/aromatic N) is 1. The minimum atomic E-state index is -0.899. The molecule has 0 saturated heterocycles. The van der Waals surface area contributed by atoms with Crippen molar-refractivity contribution in [1.82, 2.24) is 5.32 Å². The van der Waals surface area contributed by atoms with Gasteiger partial charge in [-0.15, -0.1) is 0 Å². The Bertz CT molecular complexity index is 756. The first-order valence-corrected chi connectivity index (χ1v) is 7.55. The molecular formula is C17H14Cl2N2O2. The summed E-state index contributed by atoms with van der Waals surface area (Å²) in [7, 11) is 1.55. The van der Waals surface area contributed by atoms with Crippen LogP contribution in [0.4, 0.5) is 0 Å². The SMILES string of the molecule is COCc1ccccc1C(=O)NC(C#N)c1cccc(Cl)c1Cl. The Labute approximate surface area is 144 Å². The molecule has 1 N–H and O–H groups in total. The molecule has 6 heteroatoms. The van der Waals surface area contributed by atoms with Gasteiger partial charge in [-0.25, -0.2) is 0 Å². The van der Waals surface area contributed by atoms with Crippen molar-refractivity contribution in [1.29, 1.82) is 5.26 Å². The van der Waals surface area contributed by atoms with Crippen LogP contribution >= 0.6 is 23.2 Å². The van der Waals surface area contributed by atoms with Crippen molar-refractivity contribution in [2.24, 2.45) is 0 Å². The van der Waals surface area contributed by atoms with Gasteiger partial charge in [0.05, 0.1) is 22.7 Å². The quantitative estimate of drug-likeness (QED) is 0.883. The summed E-state index contributed by atoms with van der Waals surface area (Å²) in [5.74, 6) is -0.375. The van der Waals surface area contributed by atoms with Crippen LogP contribution in [0.25, 0.3) is 0 Å². The molecule has 0 saturated carbocycles. The van der Waals surface area contributed by atoms with Crippen LogP contribution in [0.15, 0.2) is 42.5 Å². The first-order chi connectivity index (χ1) is 11.1. The standard InChI is InChI=1S/C17H14Cl2N2O2/c1-23-10-11-5-2-3-6-12(11)17(22)21-15(9-20)13-7-4-8-14(18)16(13)19/h2-8,15H,10H2,1H3,(H,21,22). The smallest absolute Gasteiger partial charge is 0.252 e. The molecule has 0 bridgehead atoms. The fourth-order valence-corrected chi connectivity index (χ4v) is 2.57. The summed E-state index contributed by atoms with van der Waals surface area (Å²) in [6.07, 6.45) is 0. The first-order valence-electron chi connectivity index (χ1n) is 6.79. The maximum atomic E-state index is 12.5. The van der Waals surface area contributed by atoms with Crippen molar-refractivity contribution in [3.8, 4) is 6.07 Å². The molecule has 4 nitrogen and oxygen atoms in total. The summed E-state index contributed by atoms with van der Waals surface area (Å²) >= 11 is 12.1. The van der Waals surface area contributed by atoms with Crippen LogP contribution < -0.4 is 5.32 Å². The van der Waals surface area contributed by atoms with E-state index in [9.17, 15) is 10.1 Å². The number of amides is 1. The number of halogens is 2. The summed E-state index contributed by atoms with van der Waals surface area (Å²) < 4.78 is 5.09. The van der Waals surface area contributed by atoms with E-state index >= 15 is 0 Å². The van der Waals surface area contributed by atoms with Crippen molar-refractivity contribution in [2.45, 2.75) is 12.6 Å². The molecule has 0 aromatic heterocycles. The fourth-order valence-electron chi connectivity index (χ4n) is 2.16. The molecule has 0 aliphatic heterocycles. The van der Waals surface area contributed by atoms with Gasteiger partial charge in [-0.05, 0) is 17.7 Å². The molecule has 1 amide bonds. The average molecular weight is 349 g/mol. The average Bonchev–Trinajstić information content (AvgIpc) is 2.56. The predicted molar refractivity (Wildman–Crippen MR) is 89.4 cm³/mol. The lowest BCUT2D eigenvalue weighted by molar-refractivity contribution is 0.0940. The molecule has 0 heterocycles. The summed E-state index contributed by atoms with van der Waals surface area (Å²) in [6.45, 7) is 0.304. The van der Waals surface area contributed by atoms with E-state index in [0.29, 0.717) is 22.8 Å². The van der Waals surface area contributed by atoms with Gasteiger partial charge < -0.3 is 10.1 Å². The second kappa shape index (κ2) is 7.98. The lowest BCUT2D eigenvalue weighted by Gasteiger charge is -2.15. The number of hydrogen-bond donors (Lipinski definition) is 1. The zero-order chi connectivity index (χ0) is 16.8. The van der Waals surface area contributed by atoms with Gasteiger partial charge in [0.15, 0.2) is 0 Å². The maximum absolute atomic E-state index is 12.5. The van der Waals surface area contributed by atoms with Gasteiger partial charge in [0.25, 0.3) is 5.91 Å². The third kappa shape index (κ3) is 4.02.